The standard InChI is InChI=1S/C15H11FN4O2/c1-9-15(18-19-17-9)14-8-11(16)5-6-13(14)10-3-2-4-12(7-10)20(21)22/h2-8H,1H3,(H,17,18,19). The van der Waals surface area contributed by atoms with Gasteiger partial charge in [0.15, 0.2) is 0 Å². The van der Waals surface area contributed by atoms with Crippen molar-refractivity contribution >= 4 is 5.69 Å². The number of nitro groups is 1. The average molecular weight is 298 g/mol. The molecule has 0 amide bonds. The lowest BCUT2D eigenvalue weighted by atomic mass is 9.96. The van der Waals surface area contributed by atoms with Gasteiger partial charge in [-0.25, -0.2) is 4.39 Å². The van der Waals surface area contributed by atoms with Gasteiger partial charge >= 0.3 is 0 Å². The zero-order chi connectivity index (χ0) is 15.7. The molecule has 0 aliphatic carbocycles. The van der Waals surface area contributed by atoms with Crippen molar-refractivity contribution in [2.45, 2.75) is 6.92 Å². The fraction of sp³-hybridized carbons (Fsp3) is 0.0667. The summed E-state index contributed by atoms with van der Waals surface area (Å²) in [5, 5.41) is 21.3. The minimum atomic E-state index is -0.464. The third-order valence-corrected chi connectivity index (χ3v) is 3.33. The van der Waals surface area contributed by atoms with Gasteiger partial charge in [0.2, 0.25) is 0 Å². The molecule has 0 fully saturated rings. The maximum atomic E-state index is 13.6. The number of aromatic amines is 1. The Labute approximate surface area is 124 Å². The molecule has 1 heterocycles. The third kappa shape index (κ3) is 2.44. The van der Waals surface area contributed by atoms with Gasteiger partial charge in [-0.15, -0.1) is 5.10 Å². The van der Waals surface area contributed by atoms with Crippen molar-refractivity contribution in [1.82, 2.24) is 15.4 Å². The average Bonchev–Trinajstić information content (AvgIpc) is 2.93. The fourth-order valence-corrected chi connectivity index (χ4v) is 2.28. The highest BCUT2D eigenvalue weighted by Crippen LogP contribution is 2.34. The van der Waals surface area contributed by atoms with E-state index in [1.165, 1.54) is 24.3 Å². The molecule has 0 spiro atoms. The molecule has 22 heavy (non-hydrogen) atoms. The maximum absolute atomic E-state index is 13.6. The van der Waals surface area contributed by atoms with Gasteiger partial charge in [0.05, 0.1) is 10.6 Å². The van der Waals surface area contributed by atoms with E-state index in [0.29, 0.717) is 28.1 Å². The van der Waals surface area contributed by atoms with Crippen LogP contribution in [-0.4, -0.2) is 20.3 Å². The predicted molar refractivity (Wildman–Crippen MR) is 78.6 cm³/mol. The van der Waals surface area contributed by atoms with Crippen LogP contribution in [0.15, 0.2) is 42.5 Å². The van der Waals surface area contributed by atoms with E-state index in [4.69, 9.17) is 0 Å². The van der Waals surface area contributed by atoms with Gasteiger partial charge in [-0.3, -0.25) is 15.2 Å². The second-order valence-electron chi connectivity index (χ2n) is 4.78. The molecule has 0 aliphatic rings. The van der Waals surface area contributed by atoms with Crippen molar-refractivity contribution in [2.75, 3.05) is 0 Å². The van der Waals surface area contributed by atoms with Crippen LogP contribution in [0.3, 0.4) is 0 Å². The summed E-state index contributed by atoms with van der Waals surface area (Å²) in [6, 6.07) is 10.4. The van der Waals surface area contributed by atoms with Crippen LogP contribution in [0, 0.1) is 22.9 Å². The molecule has 6 nitrogen and oxygen atoms in total. The zero-order valence-electron chi connectivity index (χ0n) is 11.6. The Balaban J connectivity index is 2.22. The lowest BCUT2D eigenvalue weighted by molar-refractivity contribution is -0.384. The van der Waals surface area contributed by atoms with E-state index in [1.54, 1.807) is 25.1 Å². The molecule has 3 rings (SSSR count). The maximum Gasteiger partial charge on any atom is 0.270 e. The first kappa shape index (κ1) is 13.9. The van der Waals surface area contributed by atoms with E-state index < -0.39 is 10.7 Å². The summed E-state index contributed by atoms with van der Waals surface area (Å²) in [5.74, 6) is -0.411. The molecule has 0 atom stereocenters. The number of benzene rings is 2. The largest absolute Gasteiger partial charge is 0.270 e. The predicted octanol–water partition coefficient (Wildman–Crippen LogP) is 3.49. The summed E-state index contributed by atoms with van der Waals surface area (Å²) in [5.41, 5.74) is 2.99. The quantitative estimate of drug-likeness (QED) is 0.592. The highest BCUT2D eigenvalue weighted by Gasteiger charge is 2.15. The smallest absolute Gasteiger partial charge is 0.262 e. The topological polar surface area (TPSA) is 84.7 Å². The Hall–Kier alpha value is -3.09. The number of H-pyrrole nitrogens is 1. The van der Waals surface area contributed by atoms with E-state index in [0.717, 1.165) is 0 Å². The van der Waals surface area contributed by atoms with Gasteiger partial charge in [-0.05, 0) is 30.2 Å². The lowest BCUT2D eigenvalue weighted by Gasteiger charge is -2.08. The van der Waals surface area contributed by atoms with Crippen LogP contribution < -0.4 is 0 Å². The minimum Gasteiger partial charge on any atom is -0.262 e. The van der Waals surface area contributed by atoms with Crippen molar-refractivity contribution < 1.29 is 9.31 Å². The molecule has 2 aromatic carbocycles. The Morgan fingerprint density at radius 1 is 1.18 bits per heavy atom. The molecule has 0 saturated heterocycles. The SMILES string of the molecule is Cc1[nH]nnc1-c1cc(F)ccc1-c1cccc([N+](=O)[O-])c1. The number of non-ortho nitro benzene ring substituents is 1. The molecular formula is C15H11FN4O2. The molecule has 1 N–H and O–H groups in total. The molecule has 0 aliphatic heterocycles. The molecular weight excluding hydrogens is 287 g/mol. The first-order chi connectivity index (χ1) is 10.6. The molecule has 7 heteroatoms. The molecule has 3 aromatic rings. The van der Waals surface area contributed by atoms with Crippen molar-refractivity contribution in [3.8, 4) is 22.4 Å². The molecule has 0 radical (unpaired) electrons. The summed E-state index contributed by atoms with van der Waals surface area (Å²) in [6.45, 7) is 1.78. The number of hydrogen-bond acceptors (Lipinski definition) is 4. The fourth-order valence-electron chi connectivity index (χ4n) is 2.28. The molecule has 0 saturated carbocycles. The van der Waals surface area contributed by atoms with E-state index in [9.17, 15) is 14.5 Å². The third-order valence-electron chi connectivity index (χ3n) is 3.33. The van der Waals surface area contributed by atoms with Crippen LogP contribution in [-0.2, 0) is 0 Å². The van der Waals surface area contributed by atoms with Crippen molar-refractivity contribution in [1.29, 1.82) is 0 Å². The van der Waals surface area contributed by atoms with Crippen LogP contribution in [0.25, 0.3) is 22.4 Å². The lowest BCUT2D eigenvalue weighted by Crippen LogP contribution is -1.92. The molecule has 0 bridgehead atoms. The number of aromatic nitrogens is 3. The van der Waals surface area contributed by atoms with Gasteiger partial charge in [0, 0.05) is 17.7 Å². The molecule has 1 aromatic heterocycles. The Morgan fingerprint density at radius 3 is 2.68 bits per heavy atom. The van der Waals surface area contributed by atoms with Crippen LogP contribution in [0.4, 0.5) is 10.1 Å². The number of hydrogen-bond donors (Lipinski definition) is 1. The number of nitrogens with zero attached hydrogens (tertiary/aromatic N) is 3. The van der Waals surface area contributed by atoms with Gasteiger partial charge in [-0.2, -0.15) is 0 Å². The van der Waals surface area contributed by atoms with Crippen molar-refractivity contribution in [2.24, 2.45) is 0 Å². The molecule has 0 unspecified atom stereocenters. The van der Waals surface area contributed by atoms with E-state index in [1.807, 2.05) is 0 Å². The first-order valence-electron chi connectivity index (χ1n) is 6.48. The highest BCUT2D eigenvalue weighted by atomic mass is 19.1. The zero-order valence-corrected chi connectivity index (χ0v) is 11.6. The first-order valence-corrected chi connectivity index (χ1v) is 6.48. The van der Waals surface area contributed by atoms with Crippen molar-refractivity contribution in [3.05, 3.63) is 64.1 Å². The highest BCUT2D eigenvalue weighted by molar-refractivity contribution is 5.83. The number of nitro benzene ring substituents is 1. The van der Waals surface area contributed by atoms with Crippen LogP contribution in [0.5, 0.6) is 0 Å². The second kappa shape index (κ2) is 5.36. The summed E-state index contributed by atoms with van der Waals surface area (Å²) < 4.78 is 13.6. The van der Waals surface area contributed by atoms with Gasteiger partial charge in [-0.1, -0.05) is 23.4 Å². The van der Waals surface area contributed by atoms with Gasteiger partial charge in [0.1, 0.15) is 11.5 Å². The number of halogens is 1. The number of aryl methyl sites for hydroxylation is 1. The van der Waals surface area contributed by atoms with Crippen LogP contribution >= 0.6 is 0 Å². The molecule has 110 valence electrons. The minimum absolute atomic E-state index is 0.0235. The second-order valence-corrected chi connectivity index (χ2v) is 4.78. The van der Waals surface area contributed by atoms with Gasteiger partial charge in [0.25, 0.3) is 5.69 Å². The van der Waals surface area contributed by atoms with E-state index in [-0.39, 0.29) is 5.69 Å². The Kier molecular flexibility index (Phi) is 3.38. The Morgan fingerprint density at radius 2 is 2.00 bits per heavy atom. The van der Waals surface area contributed by atoms with Crippen LogP contribution in [0.1, 0.15) is 5.69 Å². The summed E-state index contributed by atoms with van der Waals surface area (Å²) >= 11 is 0. The number of rotatable bonds is 3. The van der Waals surface area contributed by atoms with Gasteiger partial charge < -0.3 is 0 Å². The normalized spacial score (nSPS) is 10.6. The van der Waals surface area contributed by atoms with Crippen molar-refractivity contribution in [3.63, 3.8) is 0 Å². The number of nitrogens with one attached hydrogen (secondary N) is 1. The Bertz CT molecular complexity index is 860. The van der Waals surface area contributed by atoms with Crippen LogP contribution in [0.2, 0.25) is 0 Å². The summed E-state index contributed by atoms with van der Waals surface area (Å²) in [7, 11) is 0. The van der Waals surface area contributed by atoms with E-state index in [2.05, 4.69) is 15.4 Å². The van der Waals surface area contributed by atoms with E-state index >= 15 is 0 Å². The summed E-state index contributed by atoms with van der Waals surface area (Å²) in [6.07, 6.45) is 0. The monoisotopic (exact) mass is 298 g/mol. The summed E-state index contributed by atoms with van der Waals surface area (Å²) in [4.78, 5) is 10.5.